The molecule has 1 aromatic heterocycles. The number of rotatable bonds is 7. The van der Waals surface area contributed by atoms with E-state index >= 15 is 0 Å². The molecule has 3 saturated carbocycles. The average Bonchev–Trinajstić information content (AvgIpc) is 3.64. The Balaban J connectivity index is 1.15. The Kier molecular flexibility index (Phi) is 7.64. The number of carbonyl (C=O) groups excluding carboxylic acids is 2. The van der Waals surface area contributed by atoms with E-state index < -0.39 is 22.5 Å². The molecular formula is C42H49NO5S. The Morgan fingerprint density at radius 2 is 1.67 bits per heavy atom. The highest BCUT2D eigenvalue weighted by atomic mass is 32.1. The van der Waals surface area contributed by atoms with Crippen molar-refractivity contribution in [3.05, 3.63) is 88.2 Å². The van der Waals surface area contributed by atoms with Gasteiger partial charge in [-0.1, -0.05) is 69.3 Å². The molecule has 2 spiro atoms. The molecule has 3 fully saturated rings. The van der Waals surface area contributed by atoms with Crippen LogP contribution >= 0.6 is 11.3 Å². The molecule has 2 aromatic carbocycles. The van der Waals surface area contributed by atoms with E-state index in [1.807, 2.05) is 68.4 Å². The SMILES string of the molecule is CCCN(CC1(O)CCC2C34C=CC5(C=C3C(=O)c3ccc(C)s3)CC(O)CCC5(C)C4CCC21C)C(=O)Oc1ccc2ccccc2c1. The number of amides is 1. The number of nitrogens with zero attached hydrogens (tertiary/aromatic N) is 1. The number of fused-ring (bicyclic) bond motifs is 2. The number of Topliss-reactive ketones (excluding diaryl/α,β-unsaturated/α-hetero) is 1. The number of ketones is 1. The highest BCUT2D eigenvalue weighted by Crippen LogP contribution is 2.78. The molecule has 8 atom stereocenters. The Morgan fingerprint density at radius 1 is 0.939 bits per heavy atom. The quantitative estimate of drug-likeness (QED) is 0.192. The number of allylic oxidation sites excluding steroid dienone is 4. The zero-order valence-corrected chi connectivity index (χ0v) is 30.0. The summed E-state index contributed by atoms with van der Waals surface area (Å²) in [6.07, 6.45) is 12.3. The van der Waals surface area contributed by atoms with Gasteiger partial charge in [0.25, 0.3) is 0 Å². The van der Waals surface area contributed by atoms with Gasteiger partial charge in [-0.05, 0) is 111 Å². The summed E-state index contributed by atoms with van der Waals surface area (Å²) in [6, 6.07) is 17.7. The second-order valence-corrected chi connectivity index (χ2v) is 17.6. The largest absolute Gasteiger partial charge is 0.415 e. The summed E-state index contributed by atoms with van der Waals surface area (Å²) in [7, 11) is 0. The van der Waals surface area contributed by atoms with Gasteiger partial charge in [0.1, 0.15) is 5.75 Å². The number of aliphatic hydroxyl groups is 2. The van der Waals surface area contributed by atoms with Crippen molar-refractivity contribution in [1.82, 2.24) is 4.90 Å². The number of aryl methyl sites for hydroxylation is 1. The van der Waals surface area contributed by atoms with E-state index in [4.69, 9.17) is 4.74 Å². The monoisotopic (exact) mass is 679 g/mol. The van der Waals surface area contributed by atoms with Crippen LogP contribution < -0.4 is 4.74 Å². The smallest absolute Gasteiger partial charge is 0.410 e. The van der Waals surface area contributed by atoms with Gasteiger partial charge < -0.3 is 19.8 Å². The molecule has 0 saturated heterocycles. The summed E-state index contributed by atoms with van der Waals surface area (Å²) in [4.78, 5) is 32.1. The topological polar surface area (TPSA) is 87.1 Å². The van der Waals surface area contributed by atoms with E-state index in [0.29, 0.717) is 25.1 Å². The molecule has 6 aliphatic rings. The summed E-state index contributed by atoms with van der Waals surface area (Å²) >= 11 is 1.55. The van der Waals surface area contributed by atoms with E-state index in [1.54, 1.807) is 16.2 Å². The van der Waals surface area contributed by atoms with Gasteiger partial charge in [-0.3, -0.25) is 4.79 Å². The van der Waals surface area contributed by atoms with Crippen molar-refractivity contribution in [3.8, 4) is 5.75 Å². The van der Waals surface area contributed by atoms with E-state index in [9.17, 15) is 19.8 Å². The van der Waals surface area contributed by atoms with Gasteiger partial charge >= 0.3 is 6.09 Å². The molecule has 9 rings (SSSR count). The molecule has 6 aliphatic carbocycles. The molecule has 2 N–H and O–H groups in total. The fourth-order valence-electron chi connectivity index (χ4n) is 11.5. The van der Waals surface area contributed by atoms with Crippen LogP contribution in [0.3, 0.4) is 0 Å². The number of benzene rings is 2. The Bertz CT molecular complexity index is 1900. The molecule has 7 heteroatoms. The van der Waals surface area contributed by atoms with Crippen LogP contribution in [0.1, 0.15) is 86.7 Å². The molecule has 49 heavy (non-hydrogen) atoms. The molecule has 6 nitrogen and oxygen atoms in total. The van der Waals surface area contributed by atoms with Gasteiger partial charge in [0.05, 0.1) is 23.1 Å². The number of thiophene rings is 1. The summed E-state index contributed by atoms with van der Waals surface area (Å²) in [5.41, 5.74) is -1.78. The highest BCUT2D eigenvalue weighted by Gasteiger charge is 2.74. The van der Waals surface area contributed by atoms with Crippen LogP contribution in [0, 0.1) is 40.4 Å². The maximum Gasteiger partial charge on any atom is 0.415 e. The first kappa shape index (κ1) is 32.9. The van der Waals surface area contributed by atoms with Crippen LogP contribution in [0.25, 0.3) is 10.8 Å². The molecule has 0 aliphatic heterocycles. The van der Waals surface area contributed by atoms with Crippen LogP contribution in [0.5, 0.6) is 5.75 Å². The number of aliphatic hydroxyl groups excluding tert-OH is 1. The van der Waals surface area contributed by atoms with Gasteiger partial charge in [0, 0.05) is 33.2 Å². The third kappa shape index (κ3) is 4.64. The van der Waals surface area contributed by atoms with Gasteiger partial charge in [-0.25, -0.2) is 4.79 Å². The normalized spacial score (nSPS) is 37.3. The fourth-order valence-corrected chi connectivity index (χ4v) is 12.3. The number of carbonyl (C=O) groups is 2. The van der Waals surface area contributed by atoms with Crippen molar-refractivity contribution in [1.29, 1.82) is 0 Å². The zero-order valence-electron chi connectivity index (χ0n) is 29.2. The lowest BCUT2D eigenvalue weighted by Crippen LogP contribution is -2.67. The van der Waals surface area contributed by atoms with Crippen LogP contribution in [0.4, 0.5) is 4.79 Å². The van der Waals surface area contributed by atoms with Gasteiger partial charge in [0.2, 0.25) is 0 Å². The van der Waals surface area contributed by atoms with Gasteiger partial charge in [0.15, 0.2) is 5.78 Å². The number of ether oxygens (including phenoxy) is 1. The lowest BCUT2D eigenvalue weighted by molar-refractivity contribution is -0.175. The molecule has 1 heterocycles. The first-order valence-electron chi connectivity index (χ1n) is 18.3. The minimum atomic E-state index is -1.15. The first-order valence-corrected chi connectivity index (χ1v) is 19.1. The maximum atomic E-state index is 14.7. The molecule has 0 radical (unpaired) electrons. The predicted octanol–water partition coefficient (Wildman–Crippen LogP) is 8.89. The van der Waals surface area contributed by atoms with Gasteiger partial charge in [-0.15, -0.1) is 11.3 Å². The molecular weight excluding hydrogens is 631 g/mol. The van der Waals surface area contributed by atoms with Gasteiger partial charge in [-0.2, -0.15) is 0 Å². The van der Waals surface area contributed by atoms with Crippen molar-refractivity contribution < 1.29 is 24.5 Å². The van der Waals surface area contributed by atoms with Crippen LogP contribution in [0.2, 0.25) is 0 Å². The van der Waals surface area contributed by atoms with E-state index in [2.05, 4.69) is 32.1 Å². The standard InChI is InChI=1S/C42H49NO5S/c1-5-22-43(37(46)48-31-12-11-28-8-6-7-9-29(28)23-31)26-41(47)19-16-35-39(41,4)18-15-34-38(3)17-14-30(44)24-40(38)20-21-42(34,35)32(25-40)36(45)33-13-10-27(2)49-33/h6-13,20-21,23,25,30,34-35,44,47H,5,14-19,22,24,26H2,1-4H3. The highest BCUT2D eigenvalue weighted by molar-refractivity contribution is 7.14. The van der Waals surface area contributed by atoms with Crippen molar-refractivity contribution in [2.45, 2.75) is 90.8 Å². The fraction of sp³-hybridized carbons (Fsp3) is 0.524. The summed E-state index contributed by atoms with van der Waals surface area (Å²) in [5.74, 6) is 0.846. The van der Waals surface area contributed by atoms with E-state index in [1.165, 1.54) is 0 Å². The third-order valence-electron chi connectivity index (χ3n) is 14.1. The second-order valence-electron chi connectivity index (χ2n) is 16.3. The molecule has 2 bridgehead atoms. The van der Waals surface area contributed by atoms with E-state index in [-0.39, 0.29) is 41.1 Å². The number of hydrogen-bond acceptors (Lipinski definition) is 6. The van der Waals surface area contributed by atoms with Crippen LogP contribution in [-0.4, -0.2) is 51.8 Å². The van der Waals surface area contributed by atoms with Crippen molar-refractivity contribution in [3.63, 3.8) is 0 Å². The van der Waals surface area contributed by atoms with E-state index in [0.717, 1.165) is 64.6 Å². The summed E-state index contributed by atoms with van der Waals surface area (Å²) in [5, 5.41) is 25.9. The summed E-state index contributed by atoms with van der Waals surface area (Å²) < 4.78 is 5.97. The first-order chi connectivity index (χ1) is 23.4. The Labute approximate surface area is 293 Å². The Hall–Kier alpha value is -3.26. The molecule has 3 aromatic rings. The predicted molar refractivity (Wildman–Crippen MR) is 194 cm³/mol. The van der Waals surface area contributed by atoms with Crippen molar-refractivity contribution in [2.75, 3.05) is 13.1 Å². The molecule has 1 amide bonds. The number of hydrogen-bond donors (Lipinski definition) is 2. The van der Waals surface area contributed by atoms with Crippen LogP contribution in [-0.2, 0) is 0 Å². The van der Waals surface area contributed by atoms with Crippen LogP contribution in [0.15, 0.2) is 78.4 Å². The lowest BCUT2D eigenvalue weighted by atomic mass is 9.32. The minimum Gasteiger partial charge on any atom is -0.410 e. The minimum absolute atomic E-state index is 0.0261. The second kappa shape index (κ2) is 11.4. The van der Waals surface area contributed by atoms with Crippen molar-refractivity contribution in [2.24, 2.45) is 33.5 Å². The molecule has 8 unspecified atom stereocenters. The molecule has 258 valence electrons. The average molecular weight is 680 g/mol. The maximum absolute atomic E-state index is 14.7. The lowest BCUT2D eigenvalue weighted by Gasteiger charge is -2.71. The van der Waals surface area contributed by atoms with Crippen molar-refractivity contribution >= 4 is 34.0 Å². The summed E-state index contributed by atoms with van der Waals surface area (Å²) in [6.45, 7) is 9.39. The Morgan fingerprint density at radius 3 is 2.43 bits per heavy atom. The third-order valence-corrected chi connectivity index (χ3v) is 15.1. The zero-order chi connectivity index (χ0) is 34.4.